The third-order valence-corrected chi connectivity index (χ3v) is 4.75. The van der Waals surface area contributed by atoms with Crippen molar-refractivity contribution < 1.29 is 9.90 Å². The SMILES string of the molecule is O=C(NC1CCC(O)CC1)c1cccn1C1CCNCC1. The van der Waals surface area contributed by atoms with E-state index in [0.717, 1.165) is 57.3 Å². The van der Waals surface area contributed by atoms with Crippen LogP contribution in [0.4, 0.5) is 0 Å². The fraction of sp³-hybridized carbons (Fsp3) is 0.688. The van der Waals surface area contributed by atoms with Gasteiger partial charge in [-0.3, -0.25) is 4.79 Å². The fourth-order valence-electron chi connectivity index (χ4n) is 3.47. The number of aliphatic hydroxyl groups excluding tert-OH is 1. The van der Waals surface area contributed by atoms with Crippen LogP contribution in [0.1, 0.15) is 55.1 Å². The zero-order valence-corrected chi connectivity index (χ0v) is 12.4. The molecule has 21 heavy (non-hydrogen) atoms. The quantitative estimate of drug-likeness (QED) is 0.789. The average molecular weight is 291 g/mol. The van der Waals surface area contributed by atoms with E-state index in [4.69, 9.17) is 0 Å². The van der Waals surface area contributed by atoms with Crippen LogP contribution in [0.5, 0.6) is 0 Å². The summed E-state index contributed by atoms with van der Waals surface area (Å²) in [6.07, 6.45) is 7.32. The topological polar surface area (TPSA) is 66.3 Å². The second kappa shape index (κ2) is 6.62. The largest absolute Gasteiger partial charge is 0.393 e. The maximum absolute atomic E-state index is 12.5. The Morgan fingerprint density at radius 1 is 1.19 bits per heavy atom. The van der Waals surface area contributed by atoms with Gasteiger partial charge in [0.15, 0.2) is 0 Å². The maximum Gasteiger partial charge on any atom is 0.268 e. The molecule has 3 rings (SSSR count). The summed E-state index contributed by atoms with van der Waals surface area (Å²) in [6, 6.07) is 4.50. The average Bonchev–Trinajstić information content (AvgIpc) is 3.00. The van der Waals surface area contributed by atoms with Crippen molar-refractivity contribution in [3.05, 3.63) is 24.0 Å². The van der Waals surface area contributed by atoms with Crippen molar-refractivity contribution in [1.29, 1.82) is 0 Å². The summed E-state index contributed by atoms with van der Waals surface area (Å²) in [5.74, 6) is 0.0277. The minimum absolute atomic E-state index is 0.0277. The summed E-state index contributed by atoms with van der Waals surface area (Å²) >= 11 is 0. The Kier molecular flexibility index (Phi) is 4.60. The highest BCUT2D eigenvalue weighted by Crippen LogP contribution is 2.22. The highest BCUT2D eigenvalue weighted by Gasteiger charge is 2.24. The zero-order valence-electron chi connectivity index (χ0n) is 12.4. The molecule has 1 aliphatic heterocycles. The van der Waals surface area contributed by atoms with E-state index in [0.29, 0.717) is 6.04 Å². The summed E-state index contributed by atoms with van der Waals surface area (Å²) in [7, 11) is 0. The van der Waals surface area contributed by atoms with E-state index in [9.17, 15) is 9.90 Å². The molecule has 5 heteroatoms. The Hall–Kier alpha value is -1.33. The molecular formula is C16H25N3O2. The third kappa shape index (κ3) is 3.47. The summed E-state index contributed by atoms with van der Waals surface area (Å²) in [5.41, 5.74) is 0.771. The number of aliphatic hydroxyl groups is 1. The van der Waals surface area contributed by atoms with Gasteiger partial charge in [-0.25, -0.2) is 0 Å². The molecule has 1 saturated heterocycles. The van der Waals surface area contributed by atoms with Gasteiger partial charge in [0, 0.05) is 18.3 Å². The van der Waals surface area contributed by atoms with Gasteiger partial charge in [-0.05, 0) is 63.7 Å². The number of hydrogen-bond acceptors (Lipinski definition) is 3. The lowest BCUT2D eigenvalue weighted by Gasteiger charge is -2.28. The molecular weight excluding hydrogens is 266 g/mol. The molecule has 3 N–H and O–H groups in total. The number of nitrogens with zero attached hydrogens (tertiary/aromatic N) is 1. The van der Waals surface area contributed by atoms with E-state index in [1.165, 1.54) is 0 Å². The zero-order chi connectivity index (χ0) is 14.7. The van der Waals surface area contributed by atoms with Crippen molar-refractivity contribution in [3.63, 3.8) is 0 Å². The molecule has 0 spiro atoms. The van der Waals surface area contributed by atoms with Crippen molar-refractivity contribution >= 4 is 5.91 Å². The second-order valence-electron chi connectivity index (χ2n) is 6.26. The lowest BCUT2D eigenvalue weighted by molar-refractivity contribution is 0.0856. The monoisotopic (exact) mass is 291 g/mol. The summed E-state index contributed by atoms with van der Waals surface area (Å²) < 4.78 is 2.13. The molecule has 1 aromatic heterocycles. The van der Waals surface area contributed by atoms with Crippen molar-refractivity contribution in [2.45, 2.75) is 56.7 Å². The summed E-state index contributed by atoms with van der Waals surface area (Å²) in [6.45, 7) is 2.04. The van der Waals surface area contributed by atoms with Crippen LogP contribution in [0.3, 0.4) is 0 Å². The van der Waals surface area contributed by atoms with Gasteiger partial charge in [-0.1, -0.05) is 0 Å². The number of rotatable bonds is 3. The molecule has 1 aromatic rings. The first-order chi connectivity index (χ1) is 10.2. The lowest BCUT2D eigenvalue weighted by atomic mass is 9.93. The molecule has 0 aromatic carbocycles. The molecule has 0 radical (unpaired) electrons. The number of piperidine rings is 1. The van der Waals surface area contributed by atoms with Crippen LogP contribution in [-0.2, 0) is 0 Å². The van der Waals surface area contributed by atoms with E-state index in [1.807, 2.05) is 18.3 Å². The molecule has 2 fully saturated rings. The number of hydrogen-bond donors (Lipinski definition) is 3. The van der Waals surface area contributed by atoms with Gasteiger partial charge in [-0.15, -0.1) is 0 Å². The fourth-order valence-corrected chi connectivity index (χ4v) is 3.47. The van der Waals surface area contributed by atoms with Crippen LogP contribution in [-0.4, -0.2) is 40.8 Å². The molecule has 116 valence electrons. The van der Waals surface area contributed by atoms with Gasteiger partial charge >= 0.3 is 0 Å². The van der Waals surface area contributed by atoms with Crippen molar-refractivity contribution in [1.82, 2.24) is 15.2 Å². The van der Waals surface area contributed by atoms with Gasteiger partial charge in [0.05, 0.1) is 6.10 Å². The first-order valence-corrected chi connectivity index (χ1v) is 8.10. The summed E-state index contributed by atoms with van der Waals surface area (Å²) in [4.78, 5) is 12.5. The van der Waals surface area contributed by atoms with Gasteiger partial charge in [0.1, 0.15) is 5.69 Å². The van der Waals surface area contributed by atoms with Crippen molar-refractivity contribution in [2.24, 2.45) is 0 Å². The molecule has 1 amide bonds. The number of amides is 1. The van der Waals surface area contributed by atoms with Crippen LogP contribution in [0.2, 0.25) is 0 Å². The molecule has 2 aliphatic rings. The van der Waals surface area contributed by atoms with Gasteiger partial charge in [-0.2, -0.15) is 0 Å². The van der Waals surface area contributed by atoms with E-state index < -0.39 is 0 Å². The maximum atomic E-state index is 12.5. The second-order valence-corrected chi connectivity index (χ2v) is 6.26. The lowest BCUT2D eigenvalue weighted by Crippen LogP contribution is -2.40. The van der Waals surface area contributed by atoms with Crippen LogP contribution >= 0.6 is 0 Å². The molecule has 0 atom stereocenters. The van der Waals surface area contributed by atoms with Crippen LogP contribution in [0, 0.1) is 0 Å². The highest BCUT2D eigenvalue weighted by atomic mass is 16.3. The highest BCUT2D eigenvalue weighted by molar-refractivity contribution is 5.93. The minimum atomic E-state index is -0.184. The number of aromatic nitrogens is 1. The Bertz CT molecular complexity index is 472. The molecule has 1 aliphatic carbocycles. The van der Waals surface area contributed by atoms with Gasteiger partial charge in [0.25, 0.3) is 5.91 Å². The van der Waals surface area contributed by atoms with Crippen LogP contribution < -0.4 is 10.6 Å². The predicted molar refractivity (Wildman–Crippen MR) is 81.3 cm³/mol. The molecule has 1 saturated carbocycles. The predicted octanol–water partition coefficient (Wildman–Crippen LogP) is 1.45. The Morgan fingerprint density at radius 3 is 2.62 bits per heavy atom. The Balaban J connectivity index is 1.63. The first-order valence-electron chi connectivity index (χ1n) is 8.10. The summed E-state index contributed by atoms with van der Waals surface area (Å²) in [5, 5.41) is 16.0. The van der Waals surface area contributed by atoms with E-state index in [-0.39, 0.29) is 18.1 Å². The van der Waals surface area contributed by atoms with E-state index in [2.05, 4.69) is 15.2 Å². The van der Waals surface area contributed by atoms with Crippen LogP contribution in [0.15, 0.2) is 18.3 Å². The van der Waals surface area contributed by atoms with Crippen molar-refractivity contribution in [2.75, 3.05) is 13.1 Å². The normalized spacial score (nSPS) is 27.5. The Labute approximate surface area is 125 Å². The minimum Gasteiger partial charge on any atom is -0.393 e. The number of nitrogens with one attached hydrogen (secondary N) is 2. The molecule has 2 heterocycles. The van der Waals surface area contributed by atoms with Crippen molar-refractivity contribution in [3.8, 4) is 0 Å². The number of carbonyl (C=O) groups excluding carboxylic acids is 1. The van der Waals surface area contributed by atoms with E-state index >= 15 is 0 Å². The third-order valence-electron chi connectivity index (χ3n) is 4.75. The molecule has 0 unspecified atom stereocenters. The van der Waals surface area contributed by atoms with Gasteiger partial charge < -0.3 is 20.3 Å². The first kappa shape index (κ1) is 14.6. The van der Waals surface area contributed by atoms with E-state index in [1.54, 1.807) is 0 Å². The van der Waals surface area contributed by atoms with Gasteiger partial charge in [0.2, 0.25) is 0 Å². The van der Waals surface area contributed by atoms with Crippen LogP contribution in [0.25, 0.3) is 0 Å². The molecule has 0 bridgehead atoms. The smallest absolute Gasteiger partial charge is 0.268 e. The Morgan fingerprint density at radius 2 is 1.90 bits per heavy atom. The molecule has 5 nitrogen and oxygen atoms in total. The number of carbonyl (C=O) groups is 1. The standard InChI is InChI=1S/C16H25N3O2/c20-14-5-3-12(4-6-14)18-16(21)15-2-1-11-19(15)13-7-9-17-10-8-13/h1-2,11-14,17,20H,3-10H2,(H,18,21).